The van der Waals surface area contributed by atoms with Crippen molar-refractivity contribution in [2.75, 3.05) is 26.3 Å². The molecule has 33 heavy (non-hydrogen) atoms. The van der Waals surface area contributed by atoms with E-state index < -0.39 is 8.60 Å². The molecule has 0 spiro atoms. The molecule has 1 aromatic rings. The molecule has 3 atom stereocenters. The molecule has 0 bridgehead atoms. The zero-order chi connectivity index (χ0) is 23.6. The Morgan fingerprint density at radius 1 is 0.909 bits per heavy atom. The zero-order valence-corrected chi connectivity index (χ0v) is 22.0. The predicted molar refractivity (Wildman–Crippen MR) is 138 cm³/mol. The summed E-state index contributed by atoms with van der Waals surface area (Å²) in [5, 5.41) is 0. The van der Waals surface area contributed by atoms with Gasteiger partial charge in [0.05, 0.1) is 25.9 Å². The lowest BCUT2D eigenvalue weighted by Gasteiger charge is -2.24. The van der Waals surface area contributed by atoms with Crippen LogP contribution < -0.4 is 0 Å². The quantitative estimate of drug-likeness (QED) is 0.157. The van der Waals surface area contributed by atoms with Crippen LogP contribution in [0.4, 0.5) is 0 Å². The lowest BCUT2D eigenvalue weighted by molar-refractivity contribution is 0.0237. The molecule has 2 rings (SSSR count). The van der Waals surface area contributed by atoms with E-state index >= 15 is 0 Å². The van der Waals surface area contributed by atoms with E-state index in [9.17, 15) is 4.89 Å². The van der Waals surface area contributed by atoms with Gasteiger partial charge in [-0.25, -0.2) is 0 Å². The molecule has 0 saturated carbocycles. The van der Waals surface area contributed by atoms with E-state index in [0.717, 1.165) is 32.4 Å². The minimum absolute atomic E-state index is 0.241. The van der Waals surface area contributed by atoms with Crippen LogP contribution in [0.15, 0.2) is 30.3 Å². The van der Waals surface area contributed by atoms with E-state index in [-0.39, 0.29) is 6.10 Å². The highest BCUT2D eigenvalue weighted by Gasteiger charge is 2.20. The molecule has 1 heterocycles. The first-order chi connectivity index (χ1) is 16.2. The fourth-order valence-corrected chi connectivity index (χ4v) is 5.08. The molecular formula is C27H48NO4P. The number of hydrogen-bond donors (Lipinski definition) is 1. The molecule has 0 aliphatic carbocycles. The van der Waals surface area contributed by atoms with Crippen LogP contribution in [0.1, 0.15) is 96.5 Å². The van der Waals surface area contributed by atoms with Gasteiger partial charge in [-0.3, -0.25) is 4.90 Å². The fraction of sp³-hybridized carbons (Fsp3) is 0.778. The van der Waals surface area contributed by atoms with Crippen molar-refractivity contribution in [3.05, 3.63) is 35.9 Å². The molecule has 0 radical (unpaired) electrons. The standard InChI is InChI=1S/C27H48NO4P/c1-3-4-5-6-7-8-12-18-27(30-24-26-16-10-9-11-17-26)19-15-22-31-33(29)32-23-25(2)28-20-13-14-21-28/h9-11,16-17,25,27,29H,3-8,12-15,18-24H2,1-2H3. The number of hydrogen-bond acceptors (Lipinski definition) is 5. The number of ether oxygens (including phenoxy) is 1. The number of rotatable bonds is 20. The Balaban J connectivity index is 1.60. The number of likely N-dealkylation sites (tertiary alicyclic amines) is 1. The fourth-order valence-electron chi connectivity index (χ4n) is 4.38. The molecule has 0 amide bonds. The Labute approximate surface area is 204 Å². The van der Waals surface area contributed by atoms with Gasteiger partial charge < -0.3 is 18.7 Å². The zero-order valence-electron chi connectivity index (χ0n) is 21.1. The molecule has 1 fully saturated rings. The normalized spacial score (nSPS) is 17.3. The van der Waals surface area contributed by atoms with E-state index in [1.807, 2.05) is 6.07 Å². The maximum Gasteiger partial charge on any atom is 0.329 e. The molecule has 1 aliphatic heterocycles. The highest BCUT2D eigenvalue weighted by molar-refractivity contribution is 7.40. The maximum absolute atomic E-state index is 10.1. The summed E-state index contributed by atoms with van der Waals surface area (Å²) >= 11 is 0. The van der Waals surface area contributed by atoms with Gasteiger partial charge in [-0.15, -0.1) is 0 Å². The van der Waals surface area contributed by atoms with Gasteiger partial charge in [-0.1, -0.05) is 82.2 Å². The highest BCUT2D eigenvalue weighted by Crippen LogP contribution is 2.33. The van der Waals surface area contributed by atoms with Gasteiger partial charge in [0.25, 0.3) is 0 Å². The molecule has 5 nitrogen and oxygen atoms in total. The van der Waals surface area contributed by atoms with E-state index in [2.05, 4.69) is 43.0 Å². The minimum Gasteiger partial charge on any atom is -0.374 e. The van der Waals surface area contributed by atoms with Crippen LogP contribution in [0.25, 0.3) is 0 Å². The highest BCUT2D eigenvalue weighted by atomic mass is 31.2. The molecule has 190 valence electrons. The van der Waals surface area contributed by atoms with Crippen LogP contribution in [-0.4, -0.2) is 48.2 Å². The summed E-state index contributed by atoms with van der Waals surface area (Å²) in [7, 11) is -1.79. The maximum atomic E-state index is 10.1. The third kappa shape index (κ3) is 13.8. The number of unbranched alkanes of at least 4 members (excludes halogenated alkanes) is 6. The van der Waals surface area contributed by atoms with Gasteiger partial charge in [0.1, 0.15) is 0 Å². The van der Waals surface area contributed by atoms with E-state index in [0.29, 0.717) is 25.9 Å². The van der Waals surface area contributed by atoms with Crippen LogP contribution >= 0.6 is 8.60 Å². The summed E-state index contributed by atoms with van der Waals surface area (Å²) in [6.07, 6.45) is 14.9. The minimum atomic E-state index is -1.79. The summed E-state index contributed by atoms with van der Waals surface area (Å²) in [5.74, 6) is 0. The van der Waals surface area contributed by atoms with Crippen molar-refractivity contribution in [1.82, 2.24) is 4.90 Å². The van der Waals surface area contributed by atoms with Gasteiger partial charge in [0.15, 0.2) is 0 Å². The van der Waals surface area contributed by atoms with Crippen molar-refractivity contribution in [2.45, 2.75) is 110 Å². The van der Waals surface area contributed by atoms with E-state index in [4.69, 9.17) is 13.8 Å². The number of nitrogens with zero attached hydrogens (tertiary/aromatic N) is 1. The third-order valence-electron chi connectivity index (χ3n) is 6.52. The molecule has 1 N–H and O–H groups in total. The van der Waals surface area contributed by atoms with Crippen molar-refractivity contribution in [3.8, 4) is 0 Å². The van der Waals surface area contributed by atoms with Gasteiger partial charge in [0.2, 0.25) is 0 Å². The predicted octanol–water partition coefficient (Wildman–Crippen LogP) is 7.23. The van der Waals surface area contributed by atoms with Crippen molar-refractivity contribution in [3.63, 3.8) is 0 Å². The van der Waals surface area contributed by atoms with Crippen molar-refractivity contribution < 1.29 is 18.7 Å². The summed E-state index contributed by atoms with van der Waals surface area (Å²) in [5.41, 5.74) is 1.22. The molecular weight excluding hydrogens is 433 g/mol. The van der Waals surface area contributed by atoms with Crippen LogP contribution in [-0.2, 0) is 20.4 Å². The lowest BCUT2D eigenvalue weighted by atomic mass is 10.0. The van der Waals surface area contributed by atoms with Gasteiger partial charge in [-0.05, 0) is 57.7 Å². The van der Waals surface area contributed by atoms with Crippen molar-refractivity contribution >= 4 is 8.60 Å². The van der Waals surface area contributed by atoms with Gasteiger partial charge in [-0.2, -0.15) is 0 Å². The summed E-state index contributed by atoms with van der Waals surface area (Å²) in [6.45, 7) is 8.40. The summed E-state index contributed by atoms with van der Waals surface area (Å²) < 4.78 is 17.4. The Morgan fingerprint density at radius 2 is 1.58 bits per heavy atom. The lowest BCUT2D eigenvalue weighted by Crippen LogP contribution is -2.33. The van der Waals surface area contributed by atoms with Crippen LogP contribution in [0.5, 0.6) is 0 Å². The largest absolute Gasteiger partial charge is 0.374 e. The first-order valence-electron chi connectivity index (χ1n) is 13.3. The van der Waals surface area contributed by atoms with Crippen LogP contribution in [0.3, 0.4) is 0 Å². The molecule has 1 saturated heterocycles. The van der Waals surface area contributed by atoms with Crippen LogP contribution in [0.2, 0.25) is 0 Å². The third-order valence-corrected chi connectivity index (χ3v) is 7.29. The first kappa shape index (κ1) is 28.7. The Morgan fingerprint density at radius 3 is 2.30 bits per heavy atom. The molecule has 3 unspecified atom stereocenters. The SMILES string of the molecule is CCCCCCCCCC(CCCOP(O)OCC(C)N1CCCC1)OCc1ccccc1. The van der Waals surface area contributed by atoms with Crippen molar-refractivity contribution in [2.24, 2.45) is 0 Å². The monoisotopic (exact) mass is 481 g/mol. The second-order valence-electron chi connectivity index (χ2n) is 9.43. The molecule has 1 aromatic carbocycles. The first-order valence-corrected chi connectivity index (χ1v) is 14.5. The Hall–Kier alpha value is -0.550. The summed E-state index contributed by atoms with van der Waals surface area (Å²) in [4.78, 5) is 12.5. The van der Waals surface area contributed by atoms with Crippen molar-refractivity contribution in [1.29, 1.82) is 0 Å². The second-order valence-corrected chi connectivity index (χ2v) is 10.4. The average molecular weight is 482 g/mol. The Kier molecular flexibility index (Phi) is 16.3. The van der Waals surface area contributed by atoms with E-state index in [1.54, 1.807) is 0 Å². The summed E-state index contributed by atoms with van der Waals surface area (Å²) in [6, 6.07) is 10.7. The Bertz CT molecular complexity index is 570. The second kappa shape index (κ2) is 18.7. The molecule has 6 heteroatoms. The molecule has 1 aliphatic rings. The number of benzene rings is 1. The van der Waals surface area contributed by atoms with Crippen LogP contribution in [0, 0.1) is 0 Å². The van der Waals surface area contributed by atoms with E-state index in [1.165, 1.54) is 63.4 Å². The van der Waals surface area contributed by atoms with Gasteiger partial charge >= 0.3 is 8.60 Å². The van der Waals surface area contributed by atoms with Gasteiger partial charge in [0, 0.05) is 6.04 Å². The smallest absolute Gasteiger partial charge is 0.329 e. The topological polar surface area (TPSA) is 51.2 Å². The molecule has 0 aromatic heterocycles. The average Bonchev–Trinajstić information content (AvgIpc) is 3.38.